The quantitative estimate of drug-likeness (QED) is 0.790. The van der Waals surface area contributed by atoms with Gasteiger partial charge in [0, 0.05) is 32.0 Å². The molecule has 1 aliphatic carbocycles. The predicted molar refractivity (Wildman–Crippen MR) is 110 cm³/mol. The molecule has 2 aromatic rings. The molecule has 1 aromatic carbocycles. The molecule has 1 aromatic heterocycles. The number of aromatic nitrogens is 2. The van der Waals surface area contributed by atoms with E-state index in [9.17, 15) is 9.18 Å². The number of carbonyl (C=O) groups excluding carboxylic acids is 1. The van der Waals surface area contributed by atoms with Crippen LogP contribution in [0, 0.1) is 17.7 Å². The van der Waals surface area contributed by atoms with Crippen LogP contribution in [-0.4, -0.2) is 47.5 Å². The number of hydrogen-bond acceptors (Lipinski definition) is 4. The maximum atomic E-state index is 14.5. The monoisotopic (exact) mass is 405 g/mol. The van der Waals surface area contributed by atoms with E-state index in [4.69, 9.17) is 9.47 Å². The number of halogens is 1. The number of carbonyl (C=O) groups is 1. The SMILES string of the molecule is COC1(c2cc(F)cc3[nH]ncc23)C(C)CCCC1CN(C)C(=O)OC(C)(C)C. The minimum atomic E-state index is -0.723. The summed E-state index contributed by atoms with van der Waals surface area (Å²) in [7, 11) is 3.42. The predicted octanol–water partition coefficient (Wildman–Crippen LogP) is 4.85. The first-order valence-electron chi connectivity index (χ1n) is 10.2. The largest absolute Gasteiger partial charge is 0.444 e. The van der Waals surface area contributed by atoms with Gasteiger partial charge in [-0.25, -0.2) is 9.18 Å². The summed E-state index contributed by atoms with van der Waals surface area (Å²) in [5.41, 5.74) is 0.153. The standard InChI is InChI=1S/C22H32FN3O3/c1-14-8-7-9-15(13-26(5)20(27)29-21(2,3)4)22(14,28-6)18-10-16(23)11-19-17(18)12-24-25-19/h10-12,14-15H,7-9,13H2,1-6H3,(H,24,25). The maximum absolute atomic E-state index is 14.5. The highest BCUT2D eigenvalue weighted by Crippen LogP contribution is 2.50. The van der Waals surface area contributed by atoms with Crippen LogP contribution in [0.2, 0.25) is 0 Å². The van der Waals surface area contributed by atoms with E-state index in [-0.39, 0.29) is 23.7 Å². The summed E-state index contributed by atoms with van der Waals surface area (Å²) in [6.45, 7) is 8.15. The number of amides is 1. The van der Waals surface area contributed by atoms with Crippen molar-refractivity contribution in [3.63, 3.8) is 0 Å². The maximum Gasteiger partial charge on any atom is 0.410 e. The van der Waals surface area contributed by atoms with E-state index in [2.05, 4.69) is 17.1 Å². The number of rotatable bonds is 4. The Morgan fingerprint density at radius 1 is 1.38 bits per heavy atom. The fraction of sp³-hybridized carbons (Fsp3) is 0.636. The zero-order valence-corrected chi connectivity index (χ0v) is 18.2. The molecular formula is C22H32FN3O3. The van der Waals surface area contributed by atoms with Gasteiger partial charge in [-0.2, -0.15) is 5.10 Å². The van der Waals surface area contributed by atoms with Crippen LogP contribution in [0.4, 0.5) is 9.18 Å². The van der Waals surface area contributed by atoms with E-state index in [0.717, 1.165) is 30.2 Å². The molecule has 3 atom stereocenters. The lowest BCUT2D eigenvalue weighted by molar-refractivity contribution is -0.130. The number of ether oxygens (including phenoxy) is 2. The van der Waals surface area contributed by atoms with Crippen molar-refractivity contribution in [3.8, 4) is 0 Å². The highest BCUT2D eigenvalue weighted by atomic mass is 19.1. The van der Waals surface area contributed by atoms with E-state index in [1.54, 1.807) is 31.3 Å². The smallest absolute Gasteiger partial charge is 0.410 e. The molecule has 1 fully saturated rings. The molecule has 0 aliphatic heterocycles. The van der Waals surface area contributed by atoms with Crippen molar-refractivity contribution in [1.82, 2.24) is 15.1 Å². The molecule has 29 heavy (non-hydrogen) atoms. The van der Waals surface area contributed by atoms with E-state index in [1.807, 2.05) is 20.8 Å². The Hall–Kier alpha value is -2.15. The Bertz CT molecular complexity index is 876. The van der Waals surface area contributed by atoms with Crippen molar-refractivity contribution in [1.29, 1.82) is 0 Å². The lowest BCUT2D eigenvalue weighted by Gasteiger charge is -2.49. The van der Waals surface area contributed by atoms with Crippen LogP contribution in [0.25, 0.3) is 10.9 Å². The minimum absolute atomic E-state index is 0.00586. The van der Waals surface area contributed by atoms with Crippen LogP contribution in [-0.2, 0) is 15.1 Å². The molecular weight excluding hydrogens is 373 g/mol. The van der Waals surface area contributed by atoms with Gasteiger partial charge in [0.25, 0.3) is 0 Å². The summed E-state index contributed by atoms with van der Waals surface area (Å²) in [5, 5.41) is 7.83. The first-order chi connectivity index (χ1) is 13.6. The van der Waals surface area contributed by atoms with E-state index >= 15 is 0 Å². The highest BCUT2D eigenvalue weighted by molar-refractivity contribution is 5.83. The van der Waals surface area contributed by atoms with E-state index < -0.39 is 11.2 Å². The summed E-state index contributed by atoms with van der Waals surface area (Å²) in [4.78, 5) is 14.2. The zero-order chi connectivity index (χ0) is 21.4. The fourth-order valence-electron chi connectivity index (χ4n) is 4.78. The van der Waals surface area contributed by atoms with Crippen molar-refractivity contribution < 1.29 is 18.7 Å². The van der Waals surface area contributed by atoms with Gasteiger partial charge < -0.3 is 14.4 Å². The molecule has 3 rings (SSSR count). The second kappa shape index (κ2) is 7.94. The van der Waals surface area contributed by atoms with Crippen molar-refractivity contribution in [2.75, 3.05) is 20.7 Å². The molecule has 160 valence electrons. The Balaban J connectivity index is 2.01. The lowest BCUT2D eigenvalue weighted by atomic mass is 9.64. The number of H-pyrrole nitrogens is 1. The summed E-state index contributed by atoms with van der Waals surface area (Å²) in [6.07, 6.45) is 4.23. The van der Waals surface area contributed by atoms with Gasteiger partial charge in [-0.15, -0.1) is 0 Å². The summed E-state index contributed by atoms with van der Waals surface area (Å²) in [5.74, 6) is -0.183. The van der Waals surface area contributed by atoms with Crippen molar-refractivity contribution in [2.45, 2.75) is 58.2 Å². The Morgan fingerprint density at radius 3 is 2.76 bits per heavy atom. The van der Waals surface area contributed by atoms with Gasteiger partial charge in [0.15, 0.2) is 0 Å². The van der Waals surface area contributed by atoms with Gasteiger partial charge in [-0.05, 0) is 57.2 Å². The molecule has 0 radical (unpaired) electrons. The second-order valence-electron chi connectivity index (χ2n) is 9.17. The number of methoxy groups -OCH3 is 1. The van der Waals surface area contributed by atoms with Gasteiger partial charge in [0.1, 0.15) is 17.0 Å². The highest BCUT2D eigenvalue weighted by Gasteiger charge is 2.49. The number of nitrogens with zero attached hydrogens (tertiary/aromatic N) is 2. The Kier molecular flexibility index (Phi) is 5.90. The molecule has 1 aliphatic rings. The third kappa shape index (κ3) is 4.10. The number of fused-ring (bicyclic) bond motifs is 1. The Morgan fingerprint density at radius 2 is 2.10 bits per heavy atom. The molecule has 6 nitrogen and oxygen atoms in total. The van der Waals surface area contributed by atoms with Crippen molar-refractivity contribution >= 4 is 17.0 Å². The molecule has 0 bridgehead atoms. The fourth-order valence-corrected chi connectivity index (χ4v) is 4.78. The van der Waals surface area contributed by atoms with Crippen molar-refractivity contribution in [2.24, 2.45) is 11.8 Å². The van der Waals surface area contributed by atoms with E-state index in [1.165, 1.54) is 6.07 Å². The number of aromatic amines is 1. The third-order valence-corrected chi connectivity index (χ3v) is 6.01. The molecule has 7 heteroatoms. The minimum Gasteiger partial charge on any atom is -0.444 e. The van der Waals surface area contributed by atoms with Gasteiger partial charge in [-0.3, -0.25) is 5.10 Å². The molecule has 3 unspecified atom stereocenters. The number of hydrogen-bond donors (Lipinski definition) is 1. The molecule has 1 heterocycles. The molecule has 0 spiro atoms. The number of benzene rings is 1. The van der Waals surface area contributed by atoms with Gasteiger partial charge in [0.05, 0.1) is 11.7 Å². The average Bonchev–Trinajstić information content (AvgIpc) is 3.08. The summed E-state index contributed by atoms with van der Waals surface area (Å²) < 4.78 is 26.2. The van der Waals surface area contributed by atoms with Gasteiger partial charge in [0.2, 0.25) is 0 Å². The summed E-state index contributed by atoms with van der Waals surface area (Å²) >= 11 is 0. The lowest BCUT2D eigenvalue weighted by Crippen LogP contribution is -2.51. The van der Waals surface area contributed by atoms with Crippen LogP contribution in [0.3, 0.4) is 0 Å². The van der Waals surface area contributed by atoms with E-state index in [0.29, 0.717) is 12.1 Å². The molecule has 1 amide bonds. The van der Waals surface area contributed by atoms with Crippen LogP contribution in [0.1, 0.15) is 52.5 Å². The van der Waals surface area contributed by atoms with Gasteiger partial charge >= 0.3 is 6.09 Å². The third-order valence-electron chi connectivity index (χ3n) is 6.01. The first-order valence-corrected chi connectivity index (χ1v) is 10.2. The zero-order valence-electron chi connectivity index (χ0n) is 18.2. The molecule has 1 N–H and O–H groups in total. The van der Waals surface area contributed by atoms with Gasteiger partial charge in [-0.1, -0.05) is 13.3 Å². The summed E-state index contributed by atoms with van der Waals surface area (Å²) in [6, 6.07) is 3.01. The van der Waals surface area contributed by atoms with Crippen LogP contribution >= 0.6 is 0 Å². The topological polar surface area (TPSA) is 67.5 Å². The Labute approximate surface area is 171 Å². The second-order valence-corrected chi connectivity index (χ2v) is 9.17. The van der Waals surface area contributed by atoms with Crippen LogP contribution in [0.15, 0.2) is 18.3 Å². The molecule has 1 saturated carbocycles. The molecule has 0 saturated heterocycles. The average molecular weight is 406 g/mol. The van der Waals surface area contributed by atoms with Crippen molar-refractivity contribution in [3.05, 3.63) is 29.7 Å². The van der Waals surface area contributed by atoms with Crippen LogP contribution < -0.4 is 0 Å². The van der Waals surface area contributed by atoms with Crippen LogP contribution in [0.5, 0.6) is 0 Å². The normalized spacial score (nSPS) is 25.2. The number of nitrogens with one attached hydrogen (secondary N) is 1. The first kappa shape index (κ1) is 21.6.